The maximum absolute atomic E-state index is 4.62. The molecule has 0 spiro atoms. The lowest BCUT2D eigenvalue weighted by atomic mass is 10.1. The predicted octanol–water partition coefficient (Wildman–Crippen LogP) is 2.81. The molecule has 2 aromatic heterocycles. The first-order valence-corrected chi connectivity index (χ1v) is 5.47. The van der Waals surface area contributed by atoms with Crippen LogP contribution in [-0.4, -0.2) is 14.8 Å². The van der Waals surface area contributed by atoms with Crippen molar-refractivity contribution < 1.29 is 0 Å². The highest BCUT2D eigenvalue weighted by molar-refractivity contribution is 5.38. The molecule has 16 heavy (non-hydrogen) atoms. The van der Waals surface area contributed by atoms with Crippen molar-refractivity contribution in [2.45, 2.75) is 34.6 Å². The van der Waals surface area contributed by atoms with Gasteiger partial charge in [-0.25, -0.2) is 9.67 Å². The van der Waals surface area contributed by atoms with Gasteiger partial charge in [0, 0.05) is 11.4 Å². The second kappa shape index (κ2) is 3.74. The minimum Gasteiger partial charge on any atom is -0.233 e. The van der Waals surface area contributed by atoms with E-state index in [1.54, 1.807) is 0 Å². The summed E-state index contributed by atoms with van der Waals surface area (Å²) in [7, 11) is 0. The lowest BCUT2D eigenvalue weighted by Crippen LogP contribution is -2.06. The Morgan fingerprint density at radius 2 is 1.62 bits per heavy atom. The van der Waals surface area contributed by atoms with E-state index in [2.05, 4.69) is 43.0 Å². The number of hydrogen-bond acceptors (Lipinski definition) is 2. The van der Waals surface area contributed by atoms with Crippen molar-refractivity contribution in [2.24, 2.45) is 0 Å². The largest absolute Gasteiger partial charge is 0.233 e. The first-order valence-electron chi connectivity index (χ1n) is 5.47. The molecule has 3 heteroatoms. The Bertz CT molecular complexity index is 538. The fraction of sp³-hybridized carbons (Fsp3) is 0.385. The van der Waals surface area contributed by atoms with E-state index >= 15 is 0 Å². The molecule has 0 aromatic carbocycles. The van der Waals surface area contributed by atoms with Crippen molar-refractivity contribution in [2.75, 3.05) is 0 Å². The van der Waals surface area contributed by atoms with Crippen molar-refractivity contribution in [3.63, 3.8) is 0 Å². The molecular formula is C13H17N3. The third-order valence-corrected chi connectivity index (χ3v) is 2.84. The van der Waals surface area contributed by atoms with Gasteiger partial charge in [-0.1, -0.05) is 6.07 Å². The summed E-state index contributed by atoms with van der Waals surface area (Å²) in [6.07, 6.45) is 0. The van der Waals surface area contributed by atoms with Crippen molar-refractivity contribution in [3.05, 3.63) is 40.3 Å². The third kappa shape index (κ3) is 1.73. The average Bonchev–Trinajstić information content (AvgIpc) is 2.51. The molecule has 0 aliphatic carbocycles. The number of rotatable bonds is 1. The van der Waals surface area contributed by atoms with Gasteiger partial charge in [0.05, 0.1) is 5.69 Å². The van der Waals surface area contributed by atoms with Crippen LogP contribution in [0.2, 0.25) is 0 Å². The van der Waals surface area contributed by atoms with Crippen LogP contribution in [0.4, 0.5) is 0 Å². The van der Waals surface area contributed by atoms with Crippen molar-refractivity contribution in [3.8, 4) is 5.82 Å². The van der Waals surface area contributed by atoms with Gasteiger partial charge in [-0.05, 0) is 51.8 Å². The Morgan fingerprint density at radius 3 is 2.19 bits per heavy atom. The van der Waals surface area contributed by atoms with E-state index in [0.717, 1.165) is 28.5 Å². The van der Waals surface area contributed by atoms with Gasteiger partial charge in [-0.2, -0.15) is 5.10 Å². The minimum absolute atomic E-state index is 0.939. The van der Waals surface area contributed by atoms with Crippen LogP contribution in [0.5, 0.6) is 0 Å². The van der Waals surface area contributed by atoms with Crippen LogP contribution in [0, 0.1) is 34.6 Å². The summed E-state index contributed by atoms with van der Waals surface area (Å²) in [6, 6.07) is 4.23. The first kappa shape index (κ1) is 10.9. The molecule has 2 aromatic rings. The van der Waals surface area contributed by atoms with E-state index in [1.165, 1.54) is 5.56 Å². The summed E-state index contributed by atoms with van der Waals surface area (Å²) in [5.41, 5.74) is 5.60. The van der Waals surface area contributed by atoms with E-state index in [1.807, 2.05) is 18.5 Å². The van der Waals surface area contributed by atoms with Gasteiger partial charge in [0.2, 0.25) is 0 Å². The molecule has 84 valence electrons. The topological polar surface area (TPSA) is 30.7 Å². The van der Waals surface area contributed by atoms with Gasteiger partial charge in [-0.15, -0.1) is 0 Å². The fourth-order valence-corrected chi connectivity index (χ4v) is 1.89. The van der Waals surface area contributed by atoms with E-state index in [0.29, 0.717) is 0 Å². The third-order valence-electron chi connectivity index (χ3n) is 2.84. The summed E-state index contributed by atoms with van der Waals surface area (Å²) in [4.78, 5) is 4.62. The molecule has 2 heterocycles. The molecule has 0 N–H and O–H groups in total. The van der Waals surface area contributed by atoms with E-state index in [9.17, 15) is 0 Å². The summed E-state index contributed by atoms with van der Waals surface area (Å²) in [5, 5.41) is 4.47. The molecule has 3 nitrogen and oxygen atoms in total. The molecule has 2 rings (SSSR count). The monoisotopic (exact) mass is 215 g/mol. The Hall–Kier alpha value is -1.64. The number of nitrogens with zero attached hydrogens (tertiary/aromatic N) is 3. The molecule has 0 unspecified atom stereocenters. The second-order valence-electron chi connectivity index (χ2n) is 4.37. The van der Waals surface area contributed by atoms with Gasteiger partial charge in [0.1, 0.15) is 0 Å². The summed E-state index contributed by atoms with van der Waals surface area (Å²) in [6.45, 7) is 10.2. The van der Waals surface area contributed by atoms with Gasteiger partial charge in [0.25, 0.3) is 0 Å². The van der Waals surface area contributed by atoms with Crippen LogP contribution in [0.15, 0.2) is 12.1 Å². The van der Waals surface area contributed by atoms with E-state index < -0.39 is 0 Å². The van der Waals surface area contributed by atoms with Crippen LogP contribution in [0.25, 0.3) is 5.82 Å². The summed E-state index contributed by atoms with van der Waals surface area (Å²) >= 11 is 0. The van der Waals surface area contributed by atoms with Crippen LogP contribution in [0.1, 0.15) is 28.2 Å². The van der Waals surface area contributed by atoms with Crippen LogP contribution in [0.3, 0.4) is 0 Å². The Kier molecular flexibility index (Phi) is 2.54. The standard InChI is InChI=1S/C13H17N3/c1-8-6-9(2)13(14-12(8)5)16-11(4)7-10(3)15-16/h6-7H,1-5H3. The highest BCUT2D eigenvalue weighted by Crippen LogP contribution is 2.17. The molecule has 0 aliphatic heterocycles. The van der Waals surface area contributed by atoms with Crippen molar-refractivity contribution >= 4 is 0 Å². The first-order chi connectivity index (χ1) is 7.49. The summed E-state index contributed by atoms with van der Waals surface area (Å²) < 4.78 is 1.91. The quantitative estimate of drug-likeness (QED) is 0.732. The predicted molar refractivity (Wildman–Crippen MR) is 65.0 cm³/mol. The Balaban J connectivity index is 2.64. The Morgan fingerprint density at radius 1 is 0.938 bits per heavy atom. The lowest BCUT2D eigenvalue weighted by molar-refractivity contribution is 0.792. The number of aromatic nitrogens is 3. The molecule has 0 fully saturated rings. The maximum Gasteiger partial charge on any atom is 0.156 e. The molecule has 0 saturated carbocycles. The number of aryl methyl sites for hydroxylation is 5. The zero-order chi connectivity index (χ0) is 11.9. The highest BCUT2D eigenvalue weighted by atomic mass is 15.3. The molecule has 0 aliphatic rings. The van der Waals surface area contributed by atoms with Crippen LogP contribution >= 0.6 is 0 Å². The molecule has 0 atom stereocenters. The SMILES string of the molecule is Cc1cc(C)n(-c2nc(C)c(C)cc2C)n1. The molecular weight excluding hydrogens is 198 g/mol. The van der Waals surface area contributed by atoms with Gasteiger partial charge in [-0.3, -0.25) is 0 Å². The average molecular weight is 215 g/mol. The van der Waals surface area contributed by atoms with E-state index in [-0.39, 0.29) is 0 Å². The highest BCUT2D eigenvalue weighted by Gasteiger charge is 2.09. The smallest absolute Gasteiger partial charge is 0.156 e. The van der Waals surface area contributed by atoms with Crippen LogP contribution < -0.4 is 0 Å². The molecule has 0 amide bonds. The number of pyridine rings is 1. The van der Waals surface area contributed by atoms with Gasteiger partial charge >= 0.3 is 0 Å². The van der Waals surface area contributed by atoms with Crippen LogP contribution in [-0.2, 0) is 0 Å². The zero-order valence-electron chi connectivity index (χ0n) is 10.5. The zero-order valence-corrected chi connectivity index (χ0v) is 10.5. The van der Waals surface area contributed by atoms with Crippen molar-refractivity contribution in [1.82, 2.24) is 14.8 Å². The van der Waals surface area contributed by atoms with E-state index in [4.69, 9.17) is 0 Å². The second-order valence-corrected chi connectivity index (χ2v) is 4.37. The number of hydrogen-bond donors (Lipinski definition) is 0. The van der Waals surface area contributed by atoms with Crippen molar-refractivity contribution in [1.29, 1.82) is 0 Å². The molecule has 0 saturated heterocycles. The molecule has 0 radical (unpaired) electrons. The lowest BCUT2D eigenvalue weighted by Gasteiger charge is -2.10. The normalized spacial score (nSPS) is 10.8. The maximum atomic E-state index is 4.62. The van der Waals surface area contributed by atoms with Gasteiger partial charge < -0.3 is 0 Å². The minimum atomic E-state index is 0.939. The van der Waals surface area contributed by atoms with Gasteiger partial charge in [0.15, 0.2) is 5.82 Å². The fourth-order valence-electron chi connectivity index (χ4n) is 1.89. The Labute approximate surface area is 96.1 Å². The summed E-state index contributed by atoms with van der Waals surface area (Å²) in [5.74, 6) is 0.939. The molecule has 0 bridgehead atoms.